The highest BCUT2D eigenvalue weighted by molar-refractivity contribution is 5.86. The molecule has 1 aromatic heterocycles. The molecule has 1 aromatic carbocycles. The highest BCUT2D eigenvalue weighted by atomic mass is 16.5. The fourth-order valence-corrected chi connectivity index (χ4v) is 1.62. The molecule has 2 N–H and O–H groups in total. The van der Waals surface area contributed by atoms with Gasteiger partial charge in [0.2, 0.25) is 0 Å². The highest BCUT2D eigenvalue weighted by Gasteiger charge is 2.06. The number of methoxy groups -OCH3 is 2. The van der Waals surface area contributed by atoms with E-state index in [1.165, 1.54) is 0 Å². The molecular weight excluding hydrogens is 204 g/mol. The standard InChI is InChI=1S/C12H14N2O2/c1-15-9-5-11-10(12(6-9)16-2)4-3-8(7-13)14-11/h3-6H,7,13H2,1-2H3. The first-order chi connectivity index (χ1) is 7.78. The number of fused-ring (bicyclic) bond motifs is 1. The number of hydrogen-bond donors (Lipinski definition) is 1. The Morgan fingerprint density at radius 2 is 2.00 bits per heavy atom. The molecule has 0 unspecified atom stereocenters. The van der Waals surface area contributed by atoms with Crippen molar-refractivity contribution in [3.63, 3.8) is 0 Å². The van der Waals surface area contributed by atoms with E-state index >= 15 is 0 Å². The summed E-state index contributed by atoms with van der Waals surface area (Å²) in [7, 11) is 3.25. The number of nitrogens with zero attached hydrogens (tertiary/aromatic N) is 1. The molecule has 2 aromatic rings. The molecule has 0 radical (unpaired) electrons. The molecule has 0 saturated heterocycles. The number of rotatable bonds is 3. The molecule has 4 nitrogen and oxygen atoms in total. The summed E-state index contributed by atoms with van der Waals surface area (Å²) in [5, 5.41) is 0.959. The summed E-state index contributed by atoms with van der Waals surface area (Å²) in [6.45, 7) is 0.426. The molecule has 0 amide bonds. The fraction of sp³-hybridized carbons (Fsp3) is 0.250. The molecule has 0 aliphatic carbocycles. The zero-order valence-electron chi connectivity index (χ0n) is 9.36. The summed E-state index contributed by atoms with van der Waals surface area (Å²) < 4.78 is 10.5. The van der Waals surface area contributed by atoms with E-state index in [4.69, 9.17) is 15.2 Å². The summed E-state index contributed by atoms with van der Waals surface area (Å²) in [6, 6.07) is 7.57. The predicted molar refractivity (Wildman–Crippen MR) is 62.7 cm³/mol. The van der Waals surface area contributed by atoms with Crippen molar-refractivity contribution in [3.8, 4) is 11.5 Å². The zero-order valence-corrected chi connectivity index (χ0v) is 9.36. The third-order valence-electron chi connectivity index (χ3n) is 2.46. The third-order valence-corrected chi connectivity index (χ3v) is 2.46. The molecule has 0 spiro atoms. The molecule has 0 saturated carbocycles. The minimum absolute atomic E-state index is 0.426. The van der Waals surface area contributed by atoms with Crippen molar-refractivity contribution in [3.05, 3.63) is 30.0 Å². The topological polar surface area (TPSA) is 57.4 Å². The first kappa shape index (κ1) is 10.7. The summed E-state index contributed by atoms with van der Waals surface area (Å²) in [4.78, 5) is 4.43. The first-order valence-electron chi connectivity index (χ1n) is 5.00. The molecule has 84 valence electrons. The van der Waals surface area contributed by atoms with Crippen molar-refractivity contribution in [2.45, 2.75) is 6.54 Å². The van der Waals surface area contributed by atoms with E-state index in [1.807, 2.05) is 24.3 Å². The minimum atomic E-state index is 0.426. The molecule has 16 heavy (non-hydrogen) atoms. The molecule has 0 fully saturated rings. The van der Waals surface area contributed by atoms with Crippen LogP contribution < -0.4 is 15.2 Å². The van der Waals surface area contributed by atoms with Gasteiger partial charge in [0.15, 0.2) is 0 Å². The number of pyridine rings is 1. The van der Waals surface area contributed by atoms with Crippen molar-refractivity contribution in [2.24, 2.45) is 5.73 Å². The molecule has 0 aliphatic heterocycles. The molecule has 2 rings (SSSR count). The van der Waals surface area contributed by atoms with Gasteiger partial charge in [-0.25, -0.2) is 0 Å². The van der Waals surface area contributed by atoms with Gasteiger partial charge in [-0.05, 0) is 12.1 Å². The number of hydrogen-bond acceptors (Lipinski definition) is 4. The SMILES string of the molecule is COc1cc(OC)c2ccc(CN)nc2c1. The molecule has 1 heterocycles. The van der Waals surface area contributed by atoms with Crippen LogP contribution in [0.4, 0.5) is 0 Å². The summed E-state index contributed by atoms with van der Waals surface area (Å²) in [6.07, 6.45) is 0. The van der Waals surface area contributed by atoms with Crippen LogP contribution in [-0.2, 0) is 6.54 Å². The molecule has 0 aliphatic rings. The maximum atomic E-state index is 5.56. The van der Waals surface area contributed by atoms with Crippen LogP contribution in [0.2, 0.25) is 0 Å². The van der Waals surface area contributed by atoms with Crippen LogP contribution in [0.5, 0.6) is 11.5 Å². The summed E-state index contributed by atoms with van der Waals surface area (Å²) in [5.74, 6) is 1.48. The van der Waals surface area contributed by atoms with Gasteiger partial charge >= 0.3 is 0 Å². The van der Waals surface area contributed by atoms with Gasteiger partial charge in [-0.1, -0.05) is 0 Å². The predicted octanol–water partition coefficient (Wildman–Crippen LogP) is 1.71. The second-order valence-electron chi connectivity index (χ2n) is 3.40. The quantitative estimate of drug-likeness (QED) is 0.852. The maximum Gasteiger partial charge on any atom is 0.131 e. The lowest BCUT2D eigenvalue weighted by atomic mass is 10.1. The van der Waals surface area contributed by atoms with Gasteiger partial charge in [0, 0.05) is 24.1 Å². The first-order valence-corrected chi connectivity index (χ1v) is 5.00. The van der Waals surface area contributed by atoms with E-state index in [2.05, 4.69) is 4.98 Å². The van der Waals surface area contributed by atoms with Crippen LogP contribution in [0.1, 0.15) is 5.69 Å². The van der Waals surface area contributed by atoms with Crippen molar-refractivity contribution in [2.75, 3.05) is 14.2 Å². The molecule has 0 atom stereocenters. The second kappa shape index (κ2) is 4.37. The third kappa shape index (κ3) is 1.79. The van der Waals surface area contributed by atoms with Gasteiger partial charge in [0.1, 0.15) is 11.5 Å². The Morgan fingerprint density at radius 1 is 1.19 bits per heavy atom. The van der Waals surface area contributed by atoms with Crippen LogP contribution >= 0.6 is 0 Å². The van der Waals surface area contributed by atoms with Crippen LogP contribution in [0.25, 0.3) is 10.9 Å². The molecular formula is C12H14N2O2. The van der Waals surface area contributed by atoms with Crippen LogP contribution in [0.3, 0.4) is 0 Å². The zero-order chi connectivity index (χ0) is 11.5. The number of ether oxygens (including phenoxy) is 2. The van der Waals surface area contributed by atoms with Gasteiger partial charge in [-0.15, -0.1) is 0 Å². The lowest BCUT2D eigenvalue weighted by Gasteiger charge is -2.08. The highest BCUT2D eigenvalue weighted by Crippen LogP contribution is 2.29. The average Bonchev–Trinajstić information content (AvgIpc) is 2.36. The fourth-order valence-electron chi connectivity index (χ4n) is 1.62. The maximum absolute atomic E-state index is 5.56. The Hall–Kier alpha value is -1.81. The van der Waals surface area contributed by atoms with Gasteiger partial charge in [0.25, 0.3) is 0 Å². The average molecular weight is 218 g/mol. The van der Waals surface area contributed by atoms with Crippen molar-refractivity contribution in [1.29, 1.82) is 0 Å². The van der Waals surface area contributed by atoms with E-state index in [-0.39, 0.29) is 0 Å². The van der Waals surface area contributed by atoms with E-state index in [1.54, 1.807) is 14.2 Å². The van der Waals surface area contributed by atoms with Crippen LogP contribution in [0, 0.1) is 0 Å². The van der Waals surface area contributed by atoms with Crippen molar-refractivity contribution >= 4 is 10.9 Å². The van der Waals surface area contributed by atoms with Crippen molar-refractivity contribution < 1.29 is 9.47 Å². The number of aromatic nitrogens is 1. The van der Waals surface area contributed by atoms with Gasteiger partial charge in [-0.2, -0.15) is 0 Å². The van der Waals surface area contributed by atoms with E-state index in [9.17, 15) is 0 Å². The smallest absolute Gasteiger partial charge is 0.131 e. The lowest BCUT2D eigenvalue weighted by molar-refractivity contribution is 0.398. The van der Waals surface area contributed by atoms with Crippen molar-refractivity contribution in [1.82, 2.24) is 4.98 Å². The van der Waals surface area contributed by atoms with Gasteiger partial charge in [-0.3, -0.25) is 4.98 Å². The lowest BCUT2D eigenvalue weighted by Crippen LogP contribution is -1.99. The molecule has 0 bridgehead atoms. The summed E-state index contributed by atoms with van der Waals surface area (Å²) in [5.41, 5.74) is 7.24. The Kier molecular flexibility index (Phi) is 2.92. The van der Waals surface area contributed by atoms with E-state index < -0.39 is 0 Å². The van der Waals surface area contributed by atoms with E-state index in [0.717, 1.165) is 28.1 Å². The van der Waals surface area contributed by atoms with Crippen LogP contribution in [-0.4, -0.2) is 19.2 Å². The van der Waals surface area contributed by atoms with Crippen LogP contribution in [0.15, 0.2) is 24.3 Å². The summed E-state index contributed by atoms with van der Waals surface area (Å²) >= 11 is 0. The van der Waals surface area contributed by atoms with Gasteiger partial charge < -0.3 is 15.2 Å². The van der Waals surface area contributed by atoms with Gasteiger partial charge in [0.05, 0.1) is 25.4 Å². The number of benzene rings is 1. The Balaban J connectivity index is 2.68. The Labute approximate surface area is 94.0 Å². The molecule has 4 heteroatoms. The Morgan fingerprint density at radius 3 is 2.62 bits per heavy atom. The number of nitrogens with two attached hydrogens (primary N) is 1. The Bertz CT molecular complexity index is 506. The van der Waals surface area contributed by atoms with E-state index in [0.29, 0.717) is 6.54 Å². The largest absolute Gasteiger partial charge is 0.497 e. The second-order valence-corrected chi connectivity index (χ2v) is 3.40. The minimum Gasteiger partial charge on any atom is -0.497 e. The monoisotopic (exact) mass is 218 g/mol. The normalized spacial score (nSPS) is 10.4.